The van der Waals surface area contributed by atoms with Gasteiger partial charge in [-0.1, -0.05) is 13.8 Å². The van der Waals surface area contributed by atoms with Crippen molar-refractivity contribution >= 4 is 27.5 Å². The highest BCUT2D eigenvalue weighted by Gasteiger charge is 2.00. The highest BCUT2D eigenvalue weighted by Crippen LogP contribution is 2.17. The summed E-state index contributed by atoms with van der Waals surface area (Å²) >= 11 is 4.90. The Morgan fingerprint density at radius 3 is 2.80 bits per heavy atom. The quantitative estimate of drug-likeness (QED) is 0.746. The summed E-state index contributed by atoms with van der Waals surface area (Å²) in [6.45, 7) is 4.43. The van der Waals surface area contributed by atoms with Crippen LogP contribution in [0.3, 0.4) is 0 Å². The molecule has 1 nitrogen and oxygen atoms in total. The minimum absolute atomic E-state index is 0.729. The van der Waals surface area contributed by atoms with Gasteiger partial charge < -0.3 is 0 Å². The van der Waals surface area contributed by atoms with Gasteiger partial charge in [0.05, 0.1) is 0 Å². The molecule has 10 heavy (non-hydrogen) atoms. The van der Waals surface area contributed by atoms with Crippen LogP contribution >= 0.6 is 27.5 Å². The standard InChI is InChI=1S/C7H10BrNS/c1-5(2)3-6-4-7(8)9-10-6/h4-5H,3H2,1-2H3. The molecule has 1 rings (SSSR count). The van der Waals surface area contributed by atoms with Crippen LogP contribution in [0.4, 0.5) is 0 Å². The molecule has 1 aromatic rings. The molecule has 0 saturated heterocycles. The van der Waals surface area contributed by atoms with Crippen molar-refractivity contribution in [2.24, 2.45) is 5.92 Å². The first-order valence-electron chi connectivity index (χ1n) is 3.29. The van der Waals surface area contributed by atoms with Gasteiger partial charge in [0.1, 0.15) is 4.60 Å². The Hall–Kier alpha value is 0.110. The molecule has 3 heteroatoms. The first-order chi connectivity index (χ1) is 4.68. The van der Waals surface area contributed by atoms with Crippen molar-refractivity contribution in [3.63, 3.8) is 0 Å². The van der Waals surface area contributed by atoms with Crippen molar-refractivity contribution in [2.75, 3.05) is 0 Å². The molecule has 0 fully saturated rings. The topological polar surface area (TPSA) is 12.9 Å². The molecule has 0 saturated carbocycles. The summed E-state index contributed by atoms with van der Waals surface area (Å²) in [7, 11) is 0. The van der Waals surface area contributed by atoms with Crippen LogP contribution in [0.1, 0.15) is 18.7 Å². The zero-order valence-electron chi connectivity index (χ0n) is 6.10. The van der Waals surface area contributed by atoms with Gasteiger partial charge in [0.25, 0.3) is 0 Å². The molecule has 1 aromatic heterocycles. The van der Waals surface area contributed by atoms with E-state index >= 15 is 0 Å². The first kappa shape index (κ1) is 8.21. The Bertz CT molecular complexity index is 207. The second kappa shape index (κ2) is 3.49. The fourth-order valence-corrected chi connectivity index (χ4v) is 2.26. The van der Waals surface area contributed by atoms with Crippen molar-refractivity contribution in [1.29, 1.82) is 0 Å². The van der Waals surface area contributed by atoms with Crippen LogP contribution in [0.15, 0.2) is 10.7 Å². The van der Waals surface area contributed by atoms with E-state index in [0.29, 0.717) is 0 Å². The van der Waals surface area contributed by atoms with E-state index in [1.165, 1.54) is 4.88 Å². The number of aromatic nitrogens is 1. The zero-order chi connectivity index (χ0) is 7.56. The van der Waals surface area contributed by atoms with Gasteiger partial charge in [-0.2, -0.15) is 4.37 Å². The molecule has 0 aliphatic carbocycles. The van der Waals surface area contributed by atoms with Crippen LogP contribution < -0.4 is 0 Å². The summed E-state index contributed by atoms with van der Waals surface area (Å²) in [6, 6.07) is 2.09. The Morgan fingerprint density at radius 2 is 2.40 bits per heavy atom. The SMILES string of the molecule is CC(C)Cc1cc(Br)ns1. The summed E-state index contributed by atoms with van der Waals surface area (Å²) in [5, 5.41) is 0. The van der Waals surface area contributed by atoms with Crippen molar-refractivity contribution in [3.8, 4) is 0 Å². The van der Waals surface area contributed by atoms with Crippen molar-refractivity contribution in [1.82, 2.24) is 4.37 Å². The Labute approximate surface area is 73.8 Å². The maximum atomic E-state index is 4.13. The highest BCUT2D eigenvalue weighted by atomic mass is 79.9. The average Bonchev–Trinajstić information content (AvgIpc) is 2.13. The molecule has 0 N–H and O–H groups in total. The van der Waals surface area contributed by atoms with E-state index in [2.05, 4.69) is 40.2 Å². The predicted octanol–water partition coefficient (Wildman–Crippen LogP) is 3.10. The lowest BCUT2D eigenvalue weighted by atomic mass is 10.1. The van der Waals surface area contributed by atoms with Gasteiger partial charge in [0.2, 0.25) is 0 Å². The minimum atomic E-state index is 0.729. The molecule has 56 valence electrons. The molecule has 0 radical (unpaired) electrons. The monoisotopic (exact) mass is 219 g/mol. The third-order valence-corrected chi connectivity index (χ3v) is 2.59. The summed E-state index contributed by atoms with van der Waals surface area (Å²) in [5.41, 5.74) is 0. The molecular weight excluding hydrogens is 210 g/mol. The number of rotatable bonds is 2. The van der Waals surface area contributed by atoms with Gasteiger partial charge in [-0.3, -0.25) is 0 Å². The van der Waals surface area contributed by atoms with E-state index in [1.54, 1.807) is 11.5 Å². The Balaban J connectivity index is 2.58. The van der Waals surface area contributed by atoms with Crippen LogP contribution in [0.25, 0.3) is 0 Å². The van der Waals surface area contributed by atoms with Crippen LogP contribution in [-0.4, -0.2) is 4.37 Å². The molecule has 0 aliphatic heterocycles. The predicted molar refractivity (Wildman–Crippen MR) is 48.4 cm³/mol. The molecule has 0 unspecified atom stereocenters. The lowest BCUT2D eigenvalue weighted by Crippen LogP contribution is -1.89. The number of hydrogen-bond acceptors (Lipinski definition) is 2. The van der Waals surface area contributed by atoms with Crippen LogP contribution in [-0.2, 0) is 6.42 Å². The molecule has 0 spiro atoms. The van der Waals surface area contributed by atoms with Gasteiger partial charge in [0, 0.05) is 4.88 Å². The maximum absolute atomic E-state index is 4.13. The fourth-order valence-electron chi connectivity index (χ4n) is 0.786. The van der Waals surface area contributed by atoms with Crippen molar-refractivity contribution in [2.45, 2.75) is 20.3 Å². The van der Waals surface area contributed by atoms with E-state index in [1.807, 2.05) is 0 Å². The van der Waals surface area contributed by atoms with Crippen molar-refractivity contribution in [3.05, 3.63) is 15.5 Å². The molecular formula is C7H10BrNS. The smallest absolute Gasteiger partial charge is 0.120 e. The summed E-state index contributed by atoms with van der Waals surface area (Å²) < 4.78 is 5.09. The second-order valence-corrected chi connectivity index (χ2v) is 4.42. The van der Waals surface area contributed by atoms with Gasteiger partial charge in [-0.15, -0.1) is 0 Å². The van der Waals surface area contributed by atoms with Gasteiger partial charge in [0.15, 0.2) is 0 Å². The summed E-state index contributed by atoms with van der Waals surface area (Å²) in [5.74, 6) is 0.729. The van der Waals surface area contributed by atoms with Gasteiger partial charge >= 0.3 is 0 Å². The molecule has 0 amide bonds. The zero-order valence-corrected chi connectivity index (χ0v) is 8.50. The third kappa shape index (κ3) is 2.39. The van der Waals surface area contributed by atoms with E-state index in [0.717, 1.165) is 16.9 Å². The molecule has 0 aromatic carbocycles. The van der Waals surface area contributed by atoms with Gasteiger partial charge in [-0.25, -0.2) is 0 Å². The third-order valence-electron chi connectivity index (χ3n) is 1.14. The van der Waals surface area contributed by atoms with E-state index in [9.17, 15) is 0 Å². The average molecular weight is 220 g/mol. The van der Waals surface area contributed by atoms with E-state index in [4.69, 9.17) is 0 Å². The van der Waals surface area contributed by atoms with Crippen LogP contribution in [0.5, 0.6) is 0 Å². The minimum Gasteiger partial charge on any atom is -0.185 e. The number of nitrogens with zero attached hydrogens (tertiary/aromatic N) is 1. The molecule has 0 aliphatic rings. The van der Waals surface area contributed by atoms with Crippen molar-refractivity contribution < 1.29 is 0 Å². The summed E-state index contributed by atoms with van der Waals surface area (Å²) in [4.78, 5) is 1.36. The molecule has 0 atom stereocenters. The lowest BCUT2D eigenvalue weighted by Gasteiger charge is -1.97. The molecule has 0 bridgehead atoms. The lowest BCUT2D eigenvalue weighted by molar-refractivity contribution is 0.654. The normalized spacial score (nSPS) is 10.8. The van der Waals surface area contributed by atoms with Crippen LogP contribution in [0, 0.1) is 5.92 Å². The highest BCUT2D eigenvalue weighted by molar-refractivity contribution is 9.10. The van der Waals surface area contributed by atoms with E-state index < -0.39 is 0 Å². The fraction of sp³-hybridized carbons (Fsp3) is 0.571. The number of halogens is 1. The Kier molecular flexibility index (Phi) is 2.86. The summed E-state index contributed by atoms with van der Waals surface area (Å²) in [6.07, 6.45) is 1.14. The largest absolute Gasteiger partial charge is 0.185 e. The maximum Gasteiger partial charge on any atom is 0.120 e. The first-order valence-corrected chi connectivity index (χ1v) is 4.86. The molecule has 1 heterocycles. The Morgan fingerprint density at radius 1 is 1.70 bits per heavy atom. The van der Waals surface area contributed by atoms with E-state index in [-0.39, 0.29) is 0 Å². The van der Waals surface area contributed by atoms with Crippen LogP contribution in [0.2, 0.25) is 0 Å². The number of hydrogen-bond donors (Lipinski definition) is 0. The second-order valence-electron chi connectivity index (χ2n) is 2.71. The van der Waals surface area contributed by atoms with Gasteiger partial charge in [-0.05, 0) is 45.9 Å².